The SMILES string of the molecule is CCCCCCCCN(C(=O)C(NC(=O)OC(C)(C)C)C(C)CC)C(C(=O)NCCC(=O)OCC)c1ccc(C)c(C)c1. The van der Waals surface area contributed by atoms with Crippen LogP contribution in [0.4, 0.5) is 4.79 Å². The van der Waals surface area contributed by atoms with Crippen LogP contribution in [-0.2, 0) is 23.9 Å². The van der Waals surface area contributed by atoms with Crippen molar-refractivity contribution in [1.29, 1.82) is 0 Å². The molecule has 0 aliphatic carbocycles. The number of nitrogens with one attached hydrogen (secondary N) is 2. The van der Waals surface area contributed by atoms with E-state index in [4.69, 9.17) is 9.47 Å². The minimum atomic E-state index is -0.948. The molecule has 0 aliphatic rings. The van der Waals surface area contributed by atoms with Gasteiger partial charge in [-0.3, -0.25) is 14.4 Å². The molecule has 0 aliphatic heterocycles. The largest absolute Gasteiger partial charge is 0.466 e. The Hall–Kier alpha value is -3.10. The van der Waals surface area contributed by atoms with Crippen molar-refractivity contribution >= 4 is 23.9 Å². The van der Waals surface area contributed by atoms with Gasteiger partial charge in [0, 0.05) is 13.1 Å². The van der Waals surface area contributed by atoms with Gasteiger partial charge in [-0.15, -0.1) is 0 Å². The third-order valence-corrected chi connectivity index (χ3v) is 7.53. The van der Waals surface area contributed by atoms with Gasteiger partial charge < -0.3 is 25.0 Å². The van der Waals surface area contributed by atoms with Crippen molar-refractivity contribution in [2.75, 3.05) is 19.7 Å². The Labute approximate surface area is 259 Å². The molecule has 9 heteroatoms. The van der Waals surface area contributed by atoms with E-state index in [9.17, 15) is 19.2 Å². The van der Waals surface area contributed by atoms with Crippen LogP contribution in [0.1, 0.15) is 123 Å². The van der Waals surface area contributed by atoms with Crippen molar-refractivity contribution in [3.63, 3.8) is 0 Å². The summed E-state index contributed by atoms with van der Waals surface area (Å²) in [5.41, 5.74) is 2.02. The molecule has 9 nitrogen and oxygen atoms in total. The second-order valence-corrected chi connectivity index (χ2v) is 12.4. The molecule has 244 valence electrons. The van der Waals surface area contributed by atoms with E-state index in [-0.39, 0.29) is 37.3 Å². The fourth-order valence-electron chi connectivity index (χ4n) is 4.75. The Morgan fingerprint density at radius 1 is 0.930 bits per heavy atom. The van der Waals surface area contributed by atoms with Gasteiger partial charge in [0.1, 0.15) is 17.7 Å². The first-order chi connectivity index (χ1) is 20.2. The Balaban J connectivity index is 3.50. The van der Waals surface area contributed by atoms with Crippen LogP contribution < -0.4 is 10.6 Å². The number of amides is 3. The van der Waals surface area contributed by atoms with Crippen LogP contribution in [0.25, 0.3) is 0 Å². The quantitative estimate of drug-likeness (QED) is 0.145. The molecule has 0 fully saturated rings. The summed E-state index contributed by atoms with van der Waals surface area (Å²) in [7, 11) is 0. The monoisotopic (exact) mass is 603 g/mol. The Bertz CT molecular complexity index is 1040. The topological polar surface area (TPSA) is 114 Å². The lowest BCUT2D eigenvalue weighted by molar-refractivity contribution is -0.145. The van der Waals surface area contributed by atoms with Gasteiger partial charge >= 0.3 is 12.1 Å². The lowest BCUT2D eigenvalue weighted by Crippen LogP contribution is -2.55. The molecule has 1 rings (SSSR count). The summed E-state index contributed by atoms with van der Waals surface area (Å²) in [6.45, 7) is 17.8. The van der Waals surface area contributed by atoms with Crippen LogP contribution in [0.2, 0.25) is 0 Å². The third kappa shape index (κ3) is 13.8. The molecular formula is C34H57N3O6. The van der Waals surface area contributed by atoms with E-state index in [1.165, 1.54) is 0 Å². The van der Waals surface area contributed by atoms with Gasteiger partial charge in [0.05, 0.1) is 13.0 Å². The normalized spacial score (nSPS) is 13.4. The van der Waals surface area contributed by atoms with Gasteiger partial charge in [-0.2, -0.15) is 0 Å². The second kappa shape index (κ2) is 19.2. The van der Waals surface area contributed by atoms with E-state index in [0.717, 1.165) is 43.2 Å². The van der Waals surface area contributed by atoms with Gasteiger partial charge in [-0.05, 0) is 70.6 Å². The molecule has 0 spiro atoms. The summed E-state index contributed by atoms with van der Waals surface area (Å²) < 4.78 is 10.5. The standard InChI is InChI=1S/C34H57N3O6/c1-10-13-14-15-16-17-22-37(32(40)29(24(4)11-2)36-33(41)43-34(7,8)9)30(27-19-18-25(5)26(6)23-27)31(39)35-21-20-28(38)42-12-3/h18-19,23-24,29-30H,10-17,20-22H2,1-9H3,(H,35,39)(H,36,41). The van der Waals surface area contributed by atoms with E-state index in [2.05, 4.69) is 17.6 Å². The molecule has 2 N–H and O–H groups in total. The van der Waals surface area contributed by atoms with Crippen LogP contribution >= 0.6 is 0 Å². The van der Waals surface area contributed by atoms with Crippen molar-refractivity contribution in [2.24, 2.45) is 5.92 Å². The van der Waals surface area contributed by atoms with E-state index < -0.39 is 29.7 Å². The molecule has 1 aromatic carbocycles. The van der Waals surface area contributed by atoms with E-state index in [1.54, 1.807) is 32.6 Å². The zero-order chi connectivity index (χ0) is 32.6. The van der Waals surface area contributed by atoms with Crippen molar-refractivity contribution in [3.8, 4) is 0 Å². The maximum absolute atomic E-state index is 14.5. The lowest BCUT2D eigenvalue weighted by Gasteiger charge is -2.36. The Morgan fingerprint density at radius 3 is 2.16 bits per heavy atom. The average molecular weight is 604 g/mol. The summed E-state index contributed by atoms with van der Waals surface area (Å²) in [6.07, 6.45) is 6.08. The minimum absolute atomic E-state index is 0.0281. The van der Waals surface area contributed by atoms with Gasteiger partial charge in [0.2, 0.25) is 11.8 Å². The highest BCUT2D eigenvalue weighted by Gasteiger charge is 2.38. The van der Waals surface area contributed by atoms with Gasteiger partial charge in [-0.1, -0.05) is 77.5 Å². The molecule has 1 aromatic rings. The fraction of sp³-hybridized carbons (Fsp3) is 0.706. The maximum Gasteiger partial charge on any atom is 0.408 e. The number of rotatable bonds is 18. The highest BCUT2D eigenvalue weighted by molar-refractivity contribution is 5.92. The molecule has 43 heavy (non-hydrogen) atoms. The van der Waals surface area contributed by atoms with Crippen LogP contribution in [0, 0.1) is 19.8 Å². The summed E-state index contributed by atoms with van der Waals surface area (Å²) >= 11 is 0. The molecule has 0 bridgehead atoms. The van der Waals surface area contributed by atoms with Crippen LogP contribution in [0.5, 0.6) is 0 Å². The summed E-state index contributed by atoms with van der Waals surface area (Å²) in [6, 6.07) is 3.92. The number of carbonyl (C=O) groups excluding carboxylic acids is 4. The third-order valence-electron chi connectivity index (χ3n) is 7.53. The summed E-state index contributed by atoms with van der Waals surface area (Å²) in [5, 5.41) is 5.68. The second-order valence-electron chi connectivity index (χ2n) is 12.4. The Morgan fingerprint density at radius 2 is 1.58 bits per heavy atom. The first kappa shape index (κ1) is 37.9. The number of ether oxygens (including phenoxy) is 2. The number of esters is 1. The van der Waals surface area contributed by atoms with Crippen LogP contribution in [0.3, 0.4) is 0 Å². The number of unbranched alkanes of at least 4 members (excludes halogenated alkanes) is 5. The molecular weight excluding hydrogens is 546 g/mol. The zero-order valence-electron chi connectivity index (χ0n) is 28.1. The van der Waals surface area contributed by atoms with Crippen molar-refractivity contribution in [2.45, 2.75) is 131 Å². The van der Waals surface area contributed by atoms with Crippen LogP contribution in [0.15, 0.2) is 18.2 Å². The number of carbonyl (C=O) groups is 4. The predicted molar refractivity (Wildman–Crippen MR) is 171 cm³/mol. The molecule has 3 unspecified atom stereocenters. The molecule has 3 amide bonds. The highest BCUT2D eigenvalue weighted by Crippen LogP contribution is 2.27. The van der Waals surface area contributed by atoms with E-state index >= 15 is 0 Å². The van der Waals surface area contributed by atoms with E-state index in [1.807, 2.05) is 45.9 Å². The summed E-state index contributed by atoms with van der Waals surface area (Å²) in [5.74, 6) is -1.33. The highest BCUT2D eigenvalue weighted by atomic mass is 16.6. The smallest absolute Gasteiger partial charge is 0.408 e. The van der Waals surface area contributed by atoms with Crippen molar-refractivity contribution in [3.05, 3.63) is 34.9 Å². The first-order valence-corrected chi connectivity index (χ1v) is 16.1. The number of hydrogen-bond donors (Lipinski definition) is 2. The minimum Gasteiger partial charge on any atom is -0.466 e. The number of alkyl carbamates (subject to hydrolysis) is 1. The van der Waals surface area contributed by atoms with E-state index in [0.29, 0.717) is 24.9 Å². The van der Waals surface area contributed by atoms with Crippen LogP contribution in [-0.4, -0.2) is 60.1 Å². The molecule has 0 aromatic heterocycles. The number of hydrogen-bond acceptors (Lipinski definition) is 6. The van der Waals surface area contributed by atoms with Crippen molar-refractivity contribution < 1.29 is 28.7 Å². The zero-order valence-corrected chi connectivity index (χ0v) is 28.1. The lowest BCUT2D eigenvalue weighted by atomic mass is 9.94. The first-order valence-electron chi connectivity index (χ1n) is 16.1. The number of aryl methyl sites for hydroxylation is 2. The van der Waals surface area contributed by atoms with Gasteiger partial charge in [0.15, 0.2) is 0 Å². The van der Waals surface area contributed by atoms with Gasteiger partial charge in [-0.25, -0.2) is 4.79 Å². The molecule has 0 saturated carbocycles. The number of nitrogens with zero attached hydrogens (tertiary/aromatic N) is 1. The summed E-state index contributed by atoms with van der Waals surface area (Å²) in [4.78, 5) is 54.8. The predicted octanol–water partition coefficient (Wildman–Crippen LogP) is 6.54. The fourth-order valence-corrected chi connectivity index (χ4v) is 4.75. The Kier molecular flexibility index (Phi) is 17.0. The van der Waals surface area contributed by atoms with Crippen molar-refractivity contribution in [1.82, 2.24) is 15.5 Å². The maximum atomic E-state index is 14.5. The average Bonchev–Trinajstić information content (AvgIpc) is 2.93. The number of benzene rings is 1. The molecule has 3 atom stereocenters. The van der Waals surface area contributed by atoms with Gasteiger partial charge in [0.25, 0.3) is 0 Å². The molecule has 0 radical (unpaired) electrons. The molecule has 0 heterocycles. The molecule has 0 saturated heterocycles.